The Morgan fingerprint density at radius 2 is 1.71 bits per heavy atom. The molecule has 0 saturated heterocycles. The van der Waals surface area contributed by atoms with Crippen molar-refractivity contribution >= 4 is 23.5 Å². The van der Waals surface area contributed by atoms with Gasteiger partial charge in [-0.25, -0.2) is 9.18 Å². The Morgan fingerprint density at radius 1 is 1.04 bits per heavy atom. The lowest BCUT2D eigenvalue weighted by molar-refractivity contribution is 0.215. The van der Waals surface area contributed by atoms with E-state index in [4.69, 9.17) is 4.74 Å². The molecule has 0 aliphatic heterocycles. The fourth-order valence-corrected chi connectivity index (χ4v) is 2.55. The first kappa shape index (κ1) is 17.6. The smallest absolute Gasteiger partial charge is 0.410 e. The van der Waals surface area contributed by atoms with Crippen LogP contribution in [-0.4, -0.2) is 6.09 Å². The molecular weight excluding hydrogens is 325 g/mol. The van der Waals surface area contributed by atoms with E-state index in [0.717, 1.165) is 11.0 Å². The number of ether oxygens (including phenoxy) is 1. The number of hydrogen-bond donors (Lipinski definition) is 1. The molecule has 0 aliphatic carbocycles. The van der Waals surface area contributed by atoms with Crippen LogP contribution < -0.4 is 10.1 Å². The van der Waals surface area contributed by atoms with E-state index in [1.165, 1.54) is 17.8 Å². The molecule has 0 fully saturated rings. The minimum absolute atomic E-state index is 0.384. The summed E-state index contributed by atoms with van der Waals surface area (Å²) in [6.45, 7) is 6.98. The minimum Gasteiger partial charge on any atom is -0.410 e. The van der Waals surface area contributed by atoms with Crippen LogP contribution in [0.15, 0.2) is 95.5 Å². The maximum Gasteiger partial charge on any atom is 0.417 e. The number of carbonyl (C=O) groups excluding carboxylic acids is 1. The molecule has 1 N–H and O–H groups in total. The Balaban J connectivity index is 1.98. The average Bonchev–Trinajstić information content (AvgIpc) is 2.61. The van der Waals surface area contributed by atoms with Crippen LogP contribution in [0.4, 0.5) is 14.9 Å². The molecular formula is C19H16FNO2S. The van der Waals surface area contributed by atoms with Gasteiger partial charge < -0.3 is 4.74 Å². The topological polar surface area (TPSA) is 38.3 Å². The van der Waals surface area contributed by atoms with Gasteiger partial charge in [0.2, 0.25) is 0 Å². The fraction of sp³-hybridized carbons (Fsp3) is 0. The summed E-state index contributed by atoms with van der Waals surface area (Å²) in [5.41, 5.74) is 0.577. The van der Waals surface area contributed by atoms with Gasteiger partial charge in [-0.1, -0.05) is 49.2 Å². The van der Waals surface area contributed by atoms with E-state index in [1.54, 1.807) is 48.5 Å². The third kappa shape index (κ3) is 5.14. The van der Waals surface area contributed by atoms with Gasteiger partial charge >= 0.3 is 6.09 Å². The van der Waals surface area contributed by atoms with Crippen LogP contribution in [0.25, 0.3) is 0 Å². The molecule has 0 radical (unpaired) electrons. The SMILES string of the molecule is C=C/C(F)=C(\C=C)Sc1ccc(NC(=O)Oc2ccccc2)cc1. The summed E-state index contributed by atoms with van der Waals surface area (Å²) in [5, 5.41) is 2.63. The molecule has 1 amide bonds. The Hall–Kier alpha value is -2.79. The maximum atomic E-state index is 13.5. The van der Waals surface area contributed by atoms with Crippen molar-refractivity contribution in [3.63, 3.8) is 0 Å². The largest absolute Gasteiger partial charge is 0.417 e. The molecule has 2 aromatic carbocycles. The lowest BCUT2D eigenvalue weighted by Gasteiger charge is -2.08. The van der Waals surface area contributed by atoms with Crippen LogP contribution >= 0.6 is 11.8 Å². The molecule has 24 heavy (non-hydrogen) atoms. The molecule has 5 heteroatoms. The summed E-state index contributed by atoms with van der Waals surface area (Å²) in [4.78, 5) is 13.0. The zero-order valence-corrected chi connectivity index (χ0v) is 13.7. The highest BCUT2D eigenvalue weighted by Gasteiger charge is 2.06. The van der Waals surface area contributed by atoms with Gasteiger partial charge in [-0.3, -0.25) is 5.32 Å². The molecule has 0 aliphatic rings. The molecule has 0 unspecified atom stereocenters. The second-order valence-electron chi connectivity index (χ2n) is 4.57. The number of para-hydroxylation sites is 1. The molecule has 2 rings (SSSR count). The molecule has 0 saturated carbocycles. The number of anilines is 1. The van der Waals surface area contributed by atoms with Crippen molar-refractivity contribution in [3.05, 3.63) is 90.6 Å². The van der Waals surface area contributed by atoms with Crippen LogP contribution in [0.1, 0.15) is 0 Å². The lowest BCUT2D eigenvalue weighted by atomic mass is 10.3. The lowest BCUT2D eigenvalue weighted by Crippen LogP contribution is -2.16. The molecule has 122 valence electrons. The minimum atomic E-state index is -0.578. The summed E-state index contributed by atoms with van der Waals surface area (Å²) in [5.74, 6) is 0.0338. The van der Waals surface area contributed by atoms with Crippen LogP contribution in [0.5, 0.6) is 5.75 Å². The van der Waals surface area contributed by atoms with Crippen molar-refractivity contribution < 1.29 is 13.9 Å². The molecule has 2 aromatic rings. The van der Waals surface area contributed by atoms with Crippen molar-refractivity contribution in [1.29, 1.82) is 0 Å². The summed E-state index contributed by atoms with van der Waals surface area (Å²) >= 11 is 1.22. The first-order valence-electron chi connectivity index (χ1n) is 7.09. The van der Waals surface area contributed by atoms with Gasteiger partial charge in [-0.15, -0.1) is 0 Å². The average molecular weight is 341 g/mol. The number of benzene rings is 2. The molecule has 0 atom stereocenters. The number of allylic oxidation sites excluding steroid dienone is 3. The van der Waals surface area contributed by atoms with E-state index in [0.29, 0.717) is 16.3 Å². The van der Waals surface area contributed by atoms with Crippen LogP contribution in [0, 0.1) is 0 Å². The van der Waals surface area contributed by atoms with Gasteiger partial charge in [0, 0.05) is 15.5 Å². The monoisotopic (exact) mass is 341 g/mol. The molecule has 0 heterocycles. The molecule has 0 aromatic heterocycles. The summed E-state index contributed by atoms with van der Waals surface area (Å²) in [6, 6.07) is 15.7. The van der Waals surface area contributed by atoms with Crippen LogP contribution in [-0.2, 0) is 0 Å². The first-order valence-corrected chi connectivity index (χ1v) is 7.90. The number of amides is 1. The number of halogens is 1. The van der Waals surface area contributed by atoms with Crippen molar-refractivity contribution in [3.8, 4) is 5.75 Å². The third-order valence-corrected chi connectivity index (χ3v) is 3.97. The normalized spacial score (nSPS) is 11.2. The van der Waals surface area contributed by atoms with Crippen LogP contribution in [0.3, 0.4) is 0 Å². The predicted molar refractivity (Wildman–Crippen MR) is 96.9 cm³/mol. The van der Waals surface area contributed by atoms with Gasteiger partial charge in [0.25, 0.3) is 0 Å². The standard InChI is InChI=1S/C19H16FNO2S/c1-3-17(20)18(4-2)24-16-12-10-14(11-13-16)21-19(22)23-15-8-6-5-7-9-15/h3-13H,1-2H2,(H,21,22)/b18-17-. The Labute approximate surface area is 144 Å². The van der Waals surface area contributed by atoms with Gasteiger partial charge in [-0.2, -0.15) is 0 Å². The summed E-state index contributed by atoms with van der Waals surface area (Å²) in [7, 11) is 0. The summed E-state index contributed by atoms with van der Waals surface area (Å²) in [6.07, 6.45) is 2.00. The van der Waals surface area contributed by atoms with E-state index >= 15 is 0 Å². The van der Waals surface area contributed by atoms with E-state index in [1.807, 2.05) is 6.07 Å². The fourth-order valence-electron chi connectivity index (χ4n) is 1.76. The zero-order chi connectivity index (χ0) is 17.4. The van der Waals surface area contributed by atoms with Gasteiger partial charge in [0.15, 0.2) is 0 Å². The Morgan fingerprint density at radius 3 is 2.29 bits per heavy atom. The quantitative estimate of drug-likeness (QED) is 0.522. The zero-order valence-electron chi connectivity index (χ0n) is 12.9. The Kier molecular flexibility index (Phi) is 6.40. The number of rotatable bonds is 6. The van der Waals surface area contributed by atoms with E-state index < -0.39 is 11.9 Å². The number of nitrogens with one attached hydrogen (secondary N) is 1. The highest BCUT2D eigenvalue weighted by atomic mass is 32.2. The maximum absolute atomic E-state index is 13.5. The van der Waals surface area contributed by atoms with Gasteiger partial charge in [0.1, 0.15) is 11.6 Å². The van der Waals surface area contributed by atoms with Crippen molar-refractivity contribution in [2.75, 3.05) is 5.32 Å². The molecule has 0 bridgehead atoms. The van der Waals surface area contributed by atoms with E-state index in [-0.39, 0.29) is 0 Å². The van der Waals surface area contributed by atoms with E-state index in [9.17, 15) is 9.18 Å². The van der Waals surface area contributed by atoms with Crippen molar-refractivity contribution in [2.24, 2.45) is 0 Å². The molecule has 0 spiro atoms. The summed E-state index contributed by atoms with van der Waals surface area (Å²) < 4.78 is 18.7. The van der Waals surface area contributed by atoms with Crippen LogP contribution in [0.2, 0.25) is 0 Å². The number of hydrogen-bond acceptors (Lipinski definition) is 3. The second kappa shape index (κ2) is 8.74. The predicted octanol–water partition coefficient (Wildman–Crippen LogP) is 5.94. The van der Waals surface area contributed by atoms with Gasteiger partial charge in [-0.05, 0) is 42.5 Å². The van der Waals surface area contributed by atoms with Crippen molar-refractivity contribution in [1.82, 2.24) is 0 Å². The first-order chi connectivity index (χ1) is 11.6. The van der Waals surface area contributed by atoms with E-state index in [2.05, 4.69) is 18.5 Å². The Bertz CT molecular complexity index is 755. The molecule has 3 nitrogen and oxygen atoms in total. The van der Waals surface area contributed by atoms with Crippen molar-refractivity contribution in [2.45, 2.75) is 4.90 Å². The van der Waals surface area contributed by atoms with Gasteiger partial charge in [0.05, 0.1) is 0 Å². The highest BCUT2D eigenvalue weighted by molar-refractivity contribution is 8.03. The second-order valence-corrected chi connectivity index (χ2v) is 5.69. The number of thioether (sulfide) groups is 1. The number of carbonyl (C=O) groups is 1. The highest BCUT2D eigenvalue weighted by Crippen LogP contribution is 2.31. The third-order valence-electron chi connectivity index (χ3n) is 2.88.